The first-order valence-corrected chi connectivity index (χ1v) is 14.9. The van der Waals surface area contributed by atoms with E-state index in [1.807, 2.05) is 79.0 Å². The third kappa shape index (κ3) is 4.15. The van der Waals surface area contributed by atoms with Crippen LogP contribution in [-0.2, 0) is 0 Å². The monoisotopic (exact) mass is 576 g/mol. The Morgan fingerprint density at radius 3 is 1.78 bits per heavy atom. The van der Waals surface area contributed by atoms with Gasteiger partial charge in [-0.3, -0.25) is 9.88 Å². The minimum atomic E-state index is 0.495. The van der Waals surface area contributed by atoms with Gasteiger partial charge in [-0.25, -0.2) is 9.97 Å². The van der Waals surface area contributed by atoms with Gasteiger partial charge < -0.3 is 0 Å². The highest BCUT2D eigenvalue weighted by molar-refractivity contribution is 6.19. The van der Waals surface area contributed by atoms with E-state index >= 15 is 0 Å². The maximum absolute atomic E-state index is 5.26. The fourth-order valence-electron chi connectivity index (χ4n) is 6.19. The molecule has 0 aliphatic carbocycles. The van der Waals surface area contributed by atoms with Crippen LogP contribution >= 0.6 is 0 Å². The molecule has 0 N–H and O–H groups in total. The van der Waals surface area contributed by atoms with Gasteiger partial charge in [0.2, 0.25) is 5.95 Å². The first-order chi connectivity index (χ1) is 22.3. The van der Waals surface area contributed by atoms with E-state index in [2.05, 4.69) is 71.6 Å². The lowest BCUT2D eigenvalue weighted by molar-refractivity contribution is 1.01. The fraction of sp³-hybridized carbons (Fsp3) is 0. The van der Waals surface area contributed by atoms with Crippen LogP contribution in [0.2, 0.25) is 0 Å². The first kappa shape index (κ1) is 25.2. The molecule has 45 heavy (non-hydrogen) atoms. The molecule has 8 aromatic rings. The van der Waals surface area contributed by atoms with Gasteiger partial charge in [0, 0.05) is 28.3 Å². The van der Waals surface area contributed by atoms with Gasteiger partial charge in [0.15, 0.2) is 17.5 Å². The molecule has 0 fully saturated rings. The maximum Gasteiger partial charge on any atom is 0.240 e. The number of hydrogen-bond donors (Lipinski definition) is 0. The van der Waals surface area contributed by atoms with Gasteiger partial charge >= 0.3 is 0 Å². The van der Waals surface area contributed by atoms with Gasteiger partial charge in [0.05, 0.1) is 22.3 Å². The summed E-state index contributed by atoms with van der Waals surface area (Å²) >= 11 is 0. The Labute approximate surface area is 259 Å². The summed E-state index contributed by atoms with van der Waals surface area (Å²) in [6.45, 7) is 0. The molecule has 0 saturated carbocycles. The molecule has 4 heterocycles. The standard InChI is InChI=1S/C39H24N6/c1-4-12-25(13-5-1)28-20-21-33-31(24-28)35-34-30(22-23-40-35)29-18-10-11-19-32(29)41-38(34)45(33)39-43-36(26-14-6-2-7-15-26)42-37(44-39)27-16-8-3-9-17-27/h1-24H. The van der Waals surface area contributed by atoms with E-state index in [9.17, 15) is 0 Å². The third-order valence-electron chi connectivity index (χ3n) is 8.29. The van der Waals surface area contributed by atoms with Crippen molar-refractivity contribution < 1.29 is 0 Å². The highest BCUT2D eigenvalue weighted by Crippen LogP contribution is 2.50. The summed E-state index contributed by atoms with van der Waals surface area (Å²) in [5, 5.41) is 3.13. The Morgan fingerprint density at radius 1 is 0.467 bits per heavy atom. The molecular formula is C39H24N6. The number of aromatic nitrogens is 5. The second-order valence-electron chi connectivity index (χ2n) is 11.0. The molecule has 0 atom stereocenters. The molecular weight excluding hydrogens is 552 g/mol. The maximum atomic E-state index is 5.26. The smallest absolute Gasteiger partial charge is 0.240 e. The van der Waals surface area contributed by atoms with Gasteiger partial charge in [-0.1, -0.05) is 115 Å². The third-order valence-corrected chi connectivity index (χ3v) is 8.29. The molecule has 0 amide bonds. The van der Waals surface area contributed by atoms with Crippen molar-refractivity contribution in [1.82, 2.24) is 24.9 Å². The Balaban J connectivity index is 1.38. The zero-order valence-corrected chi connectivity index (χ0v) is 24.0. The van der Waals surface area contributed by atoms with E-state index in [4.69, 9.17) is 24.9 Å². The summed E-state index contributed by atoms with van der Waals surface area (Å²) in [7, 11) is 0. The average Bonchev–Trinajstić information content (AvgIpc) is 3.12. The van der Waals surface area contributed by atoms with E-state index in [0.29, 0.717) is 17.6 Å². The topological polar surface area (TPSA) is 67.7 Å². The van der Waals surface area contributed by atoms with Gasteiger partial charge in [-0.15, -0.1) is 0 Å². The van der Waals surface area contributed by atoms with E-state index in [1.165, 1.54) is 0 Å². The van der Waals surface area contributed by atoms with Crippen LogP contribution in [0.25, 0.3) is 66.8 Å². The Hall–Kier alpha value is -6.27. The minimum absolute atomic E-state index is 0.495. The van der Waals surface area contributed by atoms with Crippen LogP contribution in [0.4, 0.5) is 17.5 Å². The van der Waals surface area contributed by atoms with Crippen LogP contribution in [0.15, 0.2) is 146 Å². The van der Waals surface area contributed by atoms with Crippen LogP contribution in [0.1, 0.15) is 0 Å². The molecule has 5 aromatic carbocycles. The summed E-state index contributed by atoms with van der Waals surface area (Å²) < 4.78 is 0. The van der Waals surface area contributed by atoms with Crippen molar-refractivity contribution in [2.75, 3.05) is 4.90 Å². The SMILES string of the molecule is c1ccc(-c2ccc3c(c2)-c2nccc4c2c(nc2ccccc24)N3c2nc(-c3ccccc3)nc(-c3ccccc3)n2)cc1. The molecule has 0 radical (unpaired) electrons. The Morgan fingerprint density at radius 2 is 1.09 bits per heavy atom. The summed E-state index contributed by atoms with van der Waals surface area (Å²) in [6.07, 6.45) is 1.90. The van der Waals surface area contributed by atoms with Crippen LogP contribution in [-0.4, -0.2) is 24.9 Å². The van der Waals surface area contributed by atoms with Gasteiger partial charge in [0.25, 0.3) is 0 Å². The lowest BCUT2D eigenvalue weighted by Crippen LogP contribution is -2.20. The van der Waals surface area contributed by atoms with Crippen molar-refractivity contribution in [3.63, 3.8) is 0 Å². The van der Waals surface area contributed by atoms with Crippen LogP contribution in [0, 0.1) is 0 Å². The molecule has 0 saturated heterocycles. The summed E-state index contributed by atoms with van der Waals surface area (Å²) in [5.41, 5.74) is 7.76. The van der Waals surface area contributed by atoms with Crippen molar-refractivity contribution in [1.29, 1.82) is 0 Å². The second-order valence-corrected chi connectivity index (χ2v) is 11.0. The van der Waals surface area contributed by atoms with Crippen molar-refractivity contribution in [3.05, 3.63) is 146 Å². The molecule has 1 aliphatic heterocycles. The number of nitrogens with zero attached hydrogens (tertiary/aromatic N) is 6. The van der Waals surface area contributed by atoms with E-state index in [1.54, 1.807) is 0 Å². The first-order valence-electron chi connectivity index (χ1n) is 14.9. The molecule has 6 nitrogen and oxygen atoms in total. The fourth-order valence-corrected chi connectivity index (χ4v) is 6.19. The van der Waals surface area contributed by atoms with Crippen molar-refractivity contribution in [2.45, 2.75) is 0 Å². The van der Waals surface area contributed by atoms with Crippen molar-refractivity contribution in [2.24, 2.45) is 0 Å². The van der Waals surface area contributed by atoms with E-state index in [-0.39, 0.29) is 0 Å². The zero-order chi connectivity index (χ0) is 29.7. The Bertz CT molecular complexity index is 2320. The quantitative estimate of drug-likeness (QED) is 0.194. The largest absolute Gasteiger partial charge is 0.261 e. The summed E-state index contributed by atoms with van der Waals surface area (Å²) in [6, 6.07) is 47.3. The van der Waals surface area contributed by atoms with Crippen LogP contribution in [0.5, 0.6) is 0 Å². The molecule has 210 valence electrons. The molecule has 0 unspecified atom stereocenters. The number of rotatable bonds is 4. The molecule has 6 heteroatoms. The normalized spacial score (nSPS) is 12.0. The summed E-state index contributed by atoms with van der Waals surface area (Å²) in [4.78, 5) is 27.5. The molecule has 0 spiro atoms. The van der Waals surface area contributed by atoms with Crippen LogP contribution < -0.4 is 4.90 Å². The molecule has 3 aromatic heterocycles. The van der Waals surface area contributed by atoms with Gasteiger partial charge in [-0.2, -0.15) is 9.97 Å². The lowest BCUT2D eigenvalue weighted by atomic mass is 9.93. The highest BCUT2D eigenvalue weighted by atomic mass is 15.3. The number of benzene rings is 5. The number of hydrogen-bond acceptors (Lipinski definition) is 6. The lowest BCUT2D eigenvalue weighted by Gasteiger charge is -2.31. The molecule has 0 bridgehead atoms. The molecule has 1 aliphatic rings. The predicted molar refractivity (Wildman–Crippen MR) is 180 cm³/mol. The Kier molecular flexibility index (Phi) is 5.71. The summed E-state index contributed by atoms with van der Waals surface area (Å²) in [5.74, 6) is 2.43. The number of fused-ring (bicyclic) bond motifs is 4. The van der Waals surface area contributed by atoms with Crippen LogP contribution in [0.3, 0.4) is 0 Å². The van der Waals surface area contributed by atoms with Gasteiger partial charge in [-0.05, 0) is 40.8 Å². The zero-order valence-electron chi connectivity index (χ0n) is 24.0. The minimum Gasteiger partial charge on any atom is -0.261 e. The average molecular weight is 577 g/mol. The van der Waals surface area contributed by atoms with E-state index in [0.717, 1.165) is 66.7 Å². The molecule has 9 rings (SSSR count). The predicted octanol–water partition coefficient (Wildman–Crippen LogP) is 9.42. The second kappa shape index (κ2) is 10.2. The van der Waals surface area contributed by atoms with Gasteiger partial charge in [0.1, 0.15) is 0 Å². The number of para-hydroxylation sites is 1. The number of pyridine rings is 2. The van der Waals surface area contributed by atoms with Crippen molar-refractivity contribution >= 4 is 39.1 Å². The van der Waals surface area contributed by atoms with Crippen molar-refractivity contribution in [3.8, 4) is 45.2 Å². The van der Waals surface area contributed by atoms with E-state index < -0.39 is 0 Å². The highest BCUT2D eigenvalue weighted by Gasteiger charge is 2.32. The number of anilines is 3.